The van der Waals surface area contributed by atoms with Crippen LogP contribution in [0.2, 0.25) is 0 Å². The lowest BCUT2D eigenvalue weighted by Gasteiger charge is -2.06. The molecular formula is C12H10N4O2S. The van der Waals surface area contributed by atoms with Crippen molar-refractivity contribution < 1.29 is 9.90 Å². The summed E-state index contributed by atoms with van der Waals surface area (Å²) in [5, 5.41) is 21.4. The third-order valence-electron chi connectivity index (χ3n) is 2.86. The summed E-state index contributed by atoms with van der Waals surface area (Å²) in [7, 11) is 0. The lowest BCUT2D eigenvalue weighted by atomic mass is 10.2. The summed E-state index contributed by atoms with van der Waals surface area (Å²) in [5.74, 6) is -0.481. The molecule has 2 heterocycles. The predicted octanol–water partition coefficient (Wildman–Crippen LogP) is 2.20. The number of nitrogens with zero attached hydrogens (tertiary/aromatic N) is 4. The Kier molecular flexibility index (Phi) is 2.75. The molecule has 1 aromatic carbocycles. The number of aliphatic carboxylic acids is 1. The first-order chi connectivity index (χ1) is 9.16. The van der Waals surface area contributed by atoms with Gasteiger partial charge in [0.05, 0.1) is 4.88 Å². The van der Waals surface area contributed by atoms with Crippen LogP contribution < -0.4 is 0 Å². The molecular weight excluding hydrogens is 264 g/mol. The molecule has 0 bridgehead atoms. The zero-order valence-electron chi connectivity index (χ0n) is 10.0. The van der Waals surface area contributed by atoms with Crippen molar-refractivity contribution in [2.75, 3.05) is 0 Å². The zero-order valence-corrected chi connectivity index (χ0v) is 10.8. The minimum atomic E-state index is -0.963. The molecule has 3 aromatic rings. The molecule has 96 valence electrons. The molecule has 0 radical (unpaired) electrons. The van der Waals surface area contributed by atoms with Gasteiger partial charge in [-0.05, 0) is 34.9 Å². The molecule has 3 rings (SSSR count). The molecule has 6 nitrogen and oxygen atoms in total. The van der Waals surface area contributed by atoms with E-state index in [1.165, 1.54) is 4.68 Å². The number of hydrogen-bond donors (Lipinski definition) is 1. The first kappa shape index (κ1) is 11.8. The largest absolute Gasteiger partial charge is 0.480 e. The van der Waals surface area contributed by atoms with Crippen LogP contribution in [-0.2, 0) is 4.79 Å². The quantitative estimate of drug-likeness (QED) is 0.791. The first-order valence-electron chi connectivity index (χ1n) is 5.66. The van der Waals surface area contributed by atoms with Gasteiger partial charge in [-0.3, -0.25) is 0 Å². The maximum atomic E-state index is 11.0. The zero-order chi connectivity index (χ0) is 13.4. The van der Waals surface area contributed by atoms with Crippen LogP contribution >= 0.6 is 11.3 Å². The van der Waals surface area contributed by atoms with Gasteiger partial charge in [0.15, 0.2) is 11.9 Å². The highest BCUT2D eigenvalue weighted by molar-refractivity contribution is 7.22. The van der Waals surface area contributed by atoms with Gasteiger partial charge in [-0.15, -0.1) is 16.4 Å². The summed E-state index contributed by atoms with van der Waals surface area (Å²) in [4.78, 5) is 11.9. The molecule has 1 unspecified atom stereocenters. The minimum Gasteiger partial charge on any atom is -0.480 e. The molecule has 2 aromatic heterocycles. The second kappa shape index (κ2) is 4.43. The minimum absolute atomic E-state index is 0.482. The van der Waals surface area contributed by atoms with Crippen molar-refractivity contribution in [1.29, 1.82) is 0 Å². The SMILES string of the molecule is CC(C(=O)O)n1nnnc1-c1cc2ccccc2s1. The summed E-state index contributed by atoms with van der Waals surface area (Å²) in [5.41, 5.74) is 0. The van der Waals surface area contributed by atoms with E-state index in [4.69, 9.17) is 5.11 Å². The van der Waals surface area contributed by atoms with E-state index < -0.39 is 12.0 Å². The Balaban J connectivity index is 2.12. The van der Waals surface area contributed by atoms with E-state index in [0.717, 1.165) is 15.0 Å². The van der Waals surface area contributed by atoms with Crippen molar-refractivity contribution in [2.45, 2.75) is 13.0 Å². The Morgan fingerprint density at radius 2 is 2.21 bits per heavy atom. The number of benzene rings is 1. The number of tetrazole rings is 1. The number of carboxylic acids is 1. The molecule has 0 aliphatic carbocycles. The van der Waals surface area contributed by atoms with E-state index in [9.17, 15) is 4.79 Å². The summed E-state index contributed by atoms with van der Waals surface area (Å²) in [6.45, 7) is 1.55. The average molecular weight is 274 g/mol. The Morgan fingerprint density at radius 3 is 2.95 bits per heavy atom. The molecule has 0 amide bonds. The van der Waals surface area contributed by atoms with E-state index >= 15 is 0 Å². The first-order valence-corrected chi connectivity index (χ1v) is 6.48. The Labute approximate surface area is 112 Å². The highest BCUT2D eigenvalue weighted by atomic mass is 32.1. The standard InChI is InChI=1S/C12H10N4O2S/c1-7(12(17)18)16-11(13-14-15-16)10-6-8-4-2-3-5-9(8)19-10/h2-7H,1H3,(H,17,18). The van der Waals surface area contributed by atoms with E-state index in [1.54, 1.807) is 18.3 Å². The number of thiophene rings is 1. The number of rotatable bonds is 3. The summed E-state index contributed by atoms with van der Waals surface area (Å²) in [6.07, 6.45) is 0. The third-order valence-corrected chi connectivity index (χ3v) is 3.97. The lowest BCUT2D eigenvalue weighted by Crippen LogP contribution is -2.17. The fourth-order valence-corrected chi connectivity index (χ4v) is 2.85. The van der Waals surface area contributed by atoms with Gasteiger partial charge in [0.2, 0.25) is 0 Å². The highest BCUT2D eigenvalue weighted by Gasteiger charge is 2.21. The third kappa shape index (κ3) is 1.97. The van der Waals surface area contributed by atoms with Crippen molar-refractivity contribution >= 4 is 27.4 Å². The van der Waals surface area contributed by atoms with Crippen molar-refractivity contribution in [3.63, 3.8) is 0 Å². The van der Waals surface area contributed by atoms with Gasteiger partial charge in [0.1, 0.15) is 0 Å². The summed E-state index contributed by atoms with van der Waals surface area (Å²) in [6, 6.07) is 9.11. The Bertz CT molecular complexity index is 716. The fraction of sp³-hybridized carbons (Fsp3) is 0.167. The van der Waals surface area contributed by atoms with Gasteiger partial charge in [0.25, 0.3) is 0 Å². The van der Waals surface area contributed by atoms with Crippen LogP contribution in [-0.4, -0.2) is 31.3 Å². The van der Waals surface area contributed by atoms with Crippen LogP contribution in [0.1, 0.15) is 13.0 Å². The van der Waals surface area contributed by atoms with Crippen LogP contribution in [0.4, 0.5) is 0 Å². The topological polar surface area (TPSA) is 80.9 Å². The summed E-state index contributed by atoms with van der Waals surface area (Å²) < 4.78 is 2.45. The fourth-order valence-electron chi connectivity index (χ4n) is 1.81. The molecule has 7 heteroatoms. The van der Waals surface area contributed by atoms with Gasteiger partial charge in [-0.25, -0.2) is 9.48 Å². The molecule has 1 N–H and O–H groups in total. The average Bonchev–Trinajstić information content (AvgIpc) is 3.03. The predicted molar refractivity (Wildman–Crippen MR) is 71.0 cm³/mol. The summed E-state index contributed by atoms with van der Waals surface area (Å²) >= 11 is 1.54. The second-order valence-corrected chi connectivity index (χ2v) is 5.19. The van der Waals surface area contributed by atoms with Gasteiger partial charge in [-0.1, -0.05) is 18.2 Å². The smallest absolute Gasteiger partial charge is 0.328 e. The van der Waals surface area contributed by atoms with E-state index in [1.807, 2.05) is 30.3 Å². The van der Waals surface area contributed by atoms with Crippen LogP contribution in [0.5, 0.6) is 0 Å². The van der Waals surface area contributed by atoms with Gasteiger partial charge < -0.3 is 5.11 Å². The van der Waals surface area contributed by atoms with Crippen LogP contribution in [0.3, 0.4) is 0 Å². The molecule has 19 heavy (non-hydrogen) atoms. The van der Waals surface area contributed by atoms with Crippen molar-refractivity contribution in [2.24, 2.45) is 0 Å². The monoisotopic (exact) mass is 274 g/mol. The Morgan fingerprint density at radius 1 is 1.42 bits per heavy atom. The van der Waals surface area contributed by atoms with Crippen molar-refractivity contribution in [1.82, 2.24) is 20.2 Å². The molecule has 0 saturated heterocycles. The van der Waals surface area contributed by atoms with Crippen molar-refractivity contribution in [3.05, 3.63) is 30.3 Å². The maximum Gasteiger partial charge on any atom is 0.328 e. The van der Waals surface area contributed by atoms with E-state index in [-0.39, 0.29) is 0 Å². The van der Waals surface area contributed by atoms with E-state index in [0.29, 0.717) is 5.82 Å². The van der Waals surface area contributed by atoms with Gasteiger partial charge in [-0.2, -0.15) is 0 Å². The number of aromatic nitrogens is 4. The molecule has 0 aliphatic heterocycles. The Hall–Kier alpha value is -2.28. The van der Waals surface area contributed by atoms with Gasteiger partial charge in [0, 0.05) is 4.70 Å². The normalized spacial score (nSPS) is 12.7. The highest BCUT2D eigenvalue weighted by Crippen LogP contribution is 2.32. The lowest BCUT2D eigenvalue weighted by molar-refractivity contribution is -0.140. The number of carbonyl (C=O) groups is 1. The number of fused-ring (bicyclic) bond motifs is 1. The molecule has 0 spiro atoms. The number of hydrogen-bond acceptors (Lipinski definition) is 5. The van der Waals surface area contributed by atoms with Crippen LogP contribution in [0.15, 0.2) is 30.3 Å². The molecule has 0 aliphatic rings. The van der Waals surface area contributed by atoms with Crippen molar-refractivity contribution in [3.8, 4) is 10.7 Å². The van der Waals surface area contributed by atoms with Crippen LogP contribution in [0.25, 0.3) is 20.8 Å². The maximum absolute atomic E-state index is 11.0. The van der Waals surface area contributed by atoms with Gasteiger partial charge >= 0.3 is 5.97 Å². The van der Waals surface area contributed by atoms with E-state index in [2.05, 4.69) is 15.5 Å². The molecule has 1 atom stereocenters. The van der Waals surface area contributed by atoms with Crippen LogP contribution in [0, 0.1) is 0 Å². The molecule has 0 fully saturated rings. The second-order valence-electron chi connectivity index (χ2n) is 4.11. The molecule has 0 saturated carbocycles. The number of carboxylic acid groups (broad SMARTS) is 1.